The topological polar surface area (TPSA) is 106 Å². The lowest BCUT2D eigenvalue weighted by atomic mass is 10.2. The molecule has 1 saturated heterocycles. The molecule has 1 aliphatic rings. The van der Waals surface area contributed by atoms with Crippen LogP contribution < -0.4 is 10.5 Å². The number of hydrogen-bond donors (Lipinski definition) is 2. The van der Waals surface area contributed by atoms with Gasteiger partial charge in [0, 0.05) is 31.7 Å². The lowest BCUT2D eigenvalue weighted by Crippen LogP contribution is -2.51. The molecule has 1 fully saturated rings. The highest BCUT2D eigenvalue weighted by atomic mass is 32.2. The molecule has 1 aromatic heterocycles. The van der Waals surface area contributed by atoms with Gasteiger partial charge in [0.25, 0.3) is 5.91 Å². The molecule has 0 radical (unpaired) electrons. The largest absolute Gasteiger partial charge is 0.455 e. The van der Waals surface area contributed by atoms with Crippen LogP contribution in [0.5, 0.6) is 0 Å². The maximum Gasteiger partial charge on any atom is 0.289 e. The van der Waals surface area contributed by atoms with Crippen LogP contribution in [0.15, 0.2) is 15.4 Å². The maximum atomic E-state index is 12.2. The Balaban J connectivity index is 2.25. The molecular weight excluding hydrogens is 270 g/mol. The number of hydrogen-bond acceptors (Lipinski definition) is 5. The molecule has 19 heavy (non-hydrogen) atoms. The van der Waals surface area contributed by atoms with Crippen LogP contribution in [0.2, 0.25) is 0 Å². The van der Waals surface area contributed by atoms with E-state index >= 15 is 0 Å². The second kappa shape index (κ2) is 4.95. The molecule has 106 valence electrons. The quantitative estimate of drug-likeness (QED) is 0.774. The number of nitrogens with one attached hydrogen (secondary N) is 1. The van der Waals surface area contributed by atoms with Gasteiger partial charge in [-0.05, 0) is 13.8 Å². The number of nitrogens with zero attached hydrogens (tertiary/aromatic N) is 1. The lowest BCUT2D eigenvalue weighted by Gasteiger charge is -2.31. The number of aryl methyl sites for hydroxylation is 1. The number of furan rings is 1. The van der Waals surface area contributed by atoms with Crippen molar-refractivity contribution in [3.05, 3.63) is 17.6 Å². The van der Waals surface area contributed by atoms with Crippen LogP contribution in [0, 0.1) is 6.92 Å². The SMILES string of the molecule is Cc1oc(C(=O)N2CCNC(C)C2)cc1S(N)(=O)=O. The molecule has 0 saturated carbocycles. The summed E-state index contributed by atoms with van der Waals surface area (Å²) >= 11 is 0. The number of piperazine rings is 1. The number of nitrogens with two attached hydrogens (primary N) is 1. The molecule has 0 aromatic carbocycles. The predicted octanol–water partition coefficient (Wildman–Crippen LogP) is -0.331. The van der Waals surface area contributed by atoms with Gasteiger partial charge >= 0.3 is 0 Å². The van der Waals surface area contributed by atoms with Gasteiger partial charge < -0.3 is 14.6 Å². The molecule has 1 unspecified atom stereocenters. The Morgan fingerprint density at radius 1 is 1.58 bits per heavy atom. The Labute approximate surface area is 111 Å². The van der Waals surface area contributed by atoms with Gasteiger partial charge in [-0.1, -0.05) is 0 Å². The molecule has 2 heterocycles. The predicted molar refractivity (Wildman–Crippen MR) is 68.2 cm³/mol. The second-order valence-electron chi connectivity index (χ2n) is 4.68. The molecule has 1 aromatic rings. The minimum Gasteiger partial charge on any atom is -0.455 e. The average Bonchev–Trinajstić information content (AvgIpc) is 2.70. The zero-order chi connectivity index (χ0) is 14.2. The third kappa shape index (κ3) is 2.96. The highest BCUT2D eigenvalue weighted by Gasteiger charge is 2.27. The van der Waals surface area contributed by atoms with Gasteiger partial charge in [-0.2, -0.15) is 0 Å². The molecule has 0 bridgehead atoms. The minimum atomic E-state index is -3.86. The van der Waals surface area contributed by atoms with Crippen molar-refractivity contribution in [2.45, 2.75) is 24.8 Å². The zero-order valence-corrected chi connectivity index (χ0v) is 11.7. The summed E-state index contributed by atoms with van der Waals surface area (Å²) in [5.74, 6) is -0.170. The lowest BCUT2D eigenvalue weighted by molar-refractivity contribution is 0.0675. The summed E-state index contributed by atoms with van der Waals surface area (Å²) in [7, 11) is -3.86. The van der Waals surface area contributed by atoms with Crippen LogP contribution in [0.25, 0.3) is 0 Å². The van der Waals surface area contributed by atoms with Crippen LogP contribution in [0.3, 0.4) is 0 Å². The fourth-order valence-corrected chi connectivity index (χ4v) is 2.84. The van der Waals surface area contributed by atoms with Crippen LogP contribution in [-0.4, -0.2) is 44.9 Å². The van der Waals surface area contributed by atoms with Crippen molar-refractivity contribution < 1.29 is 17.6 Å². The highest BCUT2D eigenvalue weighted by molar-refractivity contribution is 7.89. The number of amides is 1. The van der Waals surface area contributed by atoms with E-state index in [0.29, 0.717) is 19.6 Å². The number of rotatable bonds is 2. The van der Waals surface area contributed by atoms with Gasteiger partial charge in [-0.15, -0.1) is 0 Å². The number of sulfonamides is 1. The summed E-state index contributed by atoms with van der Waals surface area (Å²) in [5.41, 5.74) is 0. The summed E-state index contributed by atoms with van der Waals surface area (Å²) in [6.45, 7) is 5.27. The zero-order valence-electron chi connectivity index (χ0n) is 10.8. The second-order valence-corrected chi connectivity index (χ2v) is 6.21. The Bertz CT molecular complexity index is 593. The first-order valence-electron chi connectivity index (χ1n) is 5.95. The third-order valence-electron chi connectivity index (χ3n) is 3.05. The summed E-state index contributed by atoms with van der Waals surface area (Å²) in [6.07, 6.45) is 0. The van der Waals surface area contributed by atoms with Crippen molar-refractivity contribution >= 4 is 15.9 Å². The molecule has 8 heteroatoms. The molecule has 2 rings (SSSR count). The van der Waals surface area contributed by atoms with E-state index in [0.717, 1.165) is 0 Å². The molecule has 7 nitrogen and oxygen atoms in total. The normalized spacial score (nSPS) is 20.6. The van der Waals surface area contributed by atoms with Crippen molar-refractivity contribution in [1.82, 2.24) is 10.2 Å². The van der Waals surface area contributed by atoms with Crippen LogP contribution in [0.4, 0.5) is 0 Å². The fourth-order valence-electron chi connectivity index (χ4n) is 2.13. The van der Waals surface area contributed by atoms with Gasteiger partial charge in [0.05, 0.1) is 0 Å². The Hall–Kier alpha value is -1.38. The first kappa shape index (κ1) is 14.0. The number of carbonyl (C=O) groups excluding carboxylic acids is 1. The summed E-state index contributed by atoms with van der Waals surface area (Å²) < 4.78 is 27.8. The molecule has 1 atom stereocenters. The van der Waals surface area contributed by atoms with E-state index in [2.05, 4.69) is 5.32 Å². The van der Waals surface area contributed by atoms with Crippen molar-refractivity contribution in [2.75, 3.05) is 19.6 Å². The van der Waals surface area contributed by atoms with E-state index in [4.69, 9.17) is 9.56 Å². The van der Waals surface area contributed by atoms with E-state index in [1.807, 2.05) is 6.92 Å². The van der Waals surface area contributed by atoms with Crippen LogP contribution in [0.1, 0.15) is 23.2 Å². The Morgan fingerprint density at radius 3 is 2.79 bits per heavy atom. The molecule has 1 aliphatic heterocycles. The van der Waals surface area contributed by atoms with E-state index in [9.17, 15) is 13.2 Å². The smallest absolute Gasteiger partial charge is 0.289 e. The molecule has 3 N–H and O–H groups in total. The monoisotopic (exact) mass is 287 g/mol. The minimum absolute atomic E-state index is 0.00984. The van der Waals surface area contributed by atoms with Gasteiger partial charge in [0.1, 0.15) is 10.7 Å². The Morgan fingerprint density at radius 2 is 2.26 bits per heavy atom. The number of primary sulfonamides is 1. The summed E-state index contributed by atoms with van der Waals surface area (Å²) in [5, 5.41) is 8.27. The molecular formula is C11H17N3O4S. The van der Waals surface area contributed by atoms with Crippen LogP contribution >= 0.6 is 0 Å². The van der Waals surface area contributed by atoms with E-state index in [1.165, 1.54) is 13.0 Å². The van der Waals surface area contributed by atoms with E-state index in [-0.39, 0.29) is 28.4 Å². The molecule has 1 amide bonds. The van der Waals surface area contributed by atoms with E-state index in [1.54, 1.807) is 4.90 Å². The summed E-state index contributed by atoms with van der Waals surface area (Å²) in [6, 6.07) is 1.39. The number of carbonyl (C=O) groups is 1. The fraction of sp³-hybridized carbons (Fsp3) is 0.545. The van der Waals surface area contributed by atoms with Gasteiger partial charge in [0.15, 0.2) is 5.76 Å². The standard InChI is InChI=1S/C11H17N3O4S/c1-7-6-14(4-3-13-7)11(15)9-5-10(8(2)18-9)19(12,16)17/h5,7,13H,3-4,6H2,1-2H3,(H2,12,16,17). The average molecular weight is 287 g/mol. The molecule has 0 spiro atoms. The third-order valence-corrected chi connectivity index (χ3v) is 4.06. The first-order chi connectivity index (χ1) is 8.79. The van der Waals surface area contributed by atoms with Crippen molar-refractivity contribution in [1.29, 1.82) is 0 Å². The molecule has 0 aliphatic carbocycles. The van der Waals surface area contributed by atoms with E-state index < -0.39 is 10.0 Å². The van der Waals surface area contributed by atoms with Gasteiger partial charge in [-0.25, -0.2) is 13.6 Å². The van der Waals surface area contributed by atoms with Gasteiger partial charge in [0.2, 0.25) is 10.0 Å². The Kier molecular flexibility index (Phi) is 3.66. The van der Waals surface area contributed by atoms with Gasteiger partial charge in [-0.3, -0.25) is 4.79 Å². The van der Waals surface area contributed by atoms with Crippen LogP contribution in [-0.2, 0) is 10.0 Å². The van der Waals surface area contributed by atoms with Crippen molar-refractivity contribution in [2.24, 2.45) is 5.14 Å². The highest BCUT2D eigenvalue weighted by Crippen LogP contribution is 2.20. The van der Waals surface area contributed by atoms with Crippen molar-refractivity contribution in [3.63, 3.8) is 0 Å². The van der Waals surface area contributed by atoms with Crippen molar-refractivity contribution in [3.8, 4) is 0 Å². The maximum absolute atomic E-state index is 12.2. The first-order valence-corrected chi connectivity index (χ1v) is 7.49. The summed E-state index contributed by atoms with van der Waals surface area (Å²) in [4.78, 5) is 13.7.